The lowest BCUT2D eigenvalue weighted by molar-refractivity contribution is 0.0694. The van der Waals surface area contributed by atoms with E-state index in [1.165, 1.54) is 0 Å². The lowest BCUT2D eigenvalue weighted by atomic mass is 10.1. The molecule has 0 radical (unpaired) electrons. The van der Waals surface area contributed by atoms with Crippen LogP contribution in [0.3, 0.4) is 0 Å². The lowest BCUT2D eigenvalue weighted by Gasteiger charge is -2.06. The molecule has 0 saturated heterocycles. The Balaban J connectivity index is 3.51. The zero-order valence-corrected chi connectivity index (χ0v) is 8.62. The smallest absolute Gasteiger partial charge is 0.338 e. The fraction of sp³-hybridized carbons (Fsp3) is 0.125. The van der Waals surface area contributed by atoms with E-state index in [9.17, 15) is 13.6 Å². The first-order chi connectivity index (χ1) is 6.99. The molecule has 7 heteroatoms. The number of aromatic carboxylic acids is 1. The summed E-state index contributed by atoms with van der Waals surface area (Å²) in [6.07, 6.45) is -2.08. The number of carboxylic acids is 1. The minimum absolute atomic E-state index is 0.265. The maximum Gasteiger partial charge on any atom is 0.338 e. The zero-order valence-electron chi connectivity index (χ0n) is 7.04. The highest BCUT2D eigenvalue weighted by Crippen LogP contribution is 2.29. The molecule has 0 aromatic carbocycles. The SMILES string of the molecule is N#Cc1cnc(C(F)F)c(Br)c1C(=O)O. The molecule has 0 unspecified atom stereocenters. The molecule has 78 valence electrons. The van der Waals surface area contributed by atoms with Gasteiger partial charge in [-0.15, -0.1) is 0 Å². The molecule has 0 aliphatic rings. The molecule has 1 aromatic heterocycles. The second kappa shape index (κ2) is 4.31. The van der Waals surface area contributed by atoms with E-state index in [0.29, 0.717) is 0 Å². The minimum Gasteiger partial charge on any atom is -0.478 e. The van der Waals surface area contributed by atoms with E-state index >= 15 is 0 Å². The van der Waals surface area contributed by atoms with Crippen molar-refractivity contribution in [3.05, 3.63) is 27.5 Å². The predicted octanol–water partition coefficient (Wildman–Crippen LogP) is 2.35. The highest BCUT2D eigenvalue weighted by molar-refractivity contribution is 9.10. The molecule has 0 fully saturated rings. The van der Waals surface area contributed by atoms with Gasteiger partial charge < -0.3 is 5.11 Å². The maximum absolute atomic E-state index is 12.3. The third-order valence-electron chi connectivity index (χ3n) is 1.59. The van der Waals surface area contributed by atoms with Gasteiger partial charge in [0.15, 0.2) is 0 Å². The number of halogens is 3. The van der Waals surface area contributed by atoms with Crippen LogP contribution in [0.15, 0.2) is 10.7 Å². The van der Waals surface area contributed by atoms with Crippen molar-refractivity contribution in [1.29, 1.82) is 5.26 Å². The van der Waals surface area contributed by atoms with Crippen LogP contribution in [0.1, 0.15) is 28.0 Å². The predicted molar refractivity (Wildman–Crippen MR) is 48.6 cm³/mol. The van der Waals surface area contributed by atoms with Gasteiger partial charge in [-0.1, -0.05) is 0 Å². The molecule has 4 nitrogen and oxygen atoms in total. The third kappa shape index (κ3) is 2.10. The summed E-state index contributed by atoms with van der Waals surface area (Å²) < 4.78 is 24.3. The number of rotatable bonds is 2. The van der Waals surface area contributed by atoms with E-state index in [4.69, 9.17) is 10.4 Å². The van der Waals surface area contributed by atoms with E-state index < -0.39 is 23.7 Å². The summed E-state index contributed by atoms with van der Waals surface area (Å²) >= 11 is 2.70. The van der Waals surface area contributed by atoms with Crippen molar-refractivity contribution >= 4 is 21.9 Å². The number of carboxylic acid groups (broad SMARTS) is 1. The Labute approximate surface area is 91.3 Å². The largest absolute Gasteiger partial charge is 0.478 e. The van der Waals surface area contributed by atoms with Crippen LogP contribution in [0.25, 0.3) is 0 Å². The number of aromatic nitrogens is 1. The van der Waals surface area contributed by atoms with Gasteiger partial charge in [0.2, 0.25) is 0 Å². The van der Waals surface area contributed by atoms with Crippen LogP contribution in [-0.2, 0) is 0 Å². The summed E-state index contributed by atoms with van der Waals surface area (Å²) in [6, 6.07) is 1.57. The number of hydrogen-bond acceptors (Lipinski definition) is 3. The number of alkyl halides is 2. The van der Waals surface area contributed by atoms with Gasteiger partial charge in [0.05, 0.1) is 15.6 Å². The summed E-state index contributed by atoms with van der Waals surface area (Å²) in [7, 11) is 0. The zero-order chi connectivity index (χ0) is 11.6. The van der Waals surface area contributed by atoms with Crippen molar-refractivity contribution in [3.63, 3.8) is 0 Å². The first-order valence-corrected chi connectivity index (χ1v) is 4.38. The van der Waals surface area contributed by atoms with Gasteiger partial charge in [-0.2, -0.15) is 5.26 Å². The van der Waals surface area contributed by atoms with Crippen LogP contribution in [0.4, 0.5) is 8.78 Å². The molecule has 0 amide bonds. The average Bonchev–Trinajstić information content (AvgIpc) is 2.15. The number of pyridine rings is 1. The molecule has 1 N–H and O–H groups in total. The lowest BCUT2D eigenvalue weighted by Crippen LogP contribution is -2.06. The van der Waals surface area contributed by atoms with Crippen molar-refractivity contribution < 1.29 is 18.7 Å². The quantitative estimate of drug-likeness (QED) is 0.900. The molecule has 0 bridgehead atoms. The first-order valence-electron chi connectivity index (χ1n) is 3.59. The molecule has 0 atom stereocenters. The molecular formula is C8H3BrF2N2O2. The Morgan fingerprint density at radius 3 is 2.67 bits per heavy atom. The summed E-state index contributed by atoms with van der Waals surface area (Å²) in [6.45, 7) is 0. The average molecular weight is 277 g/mol. The Morgan fingerprint density at radius 1 is 1.67 bits per heavy atom. The molecule has 1 heterocycles. The summed E-state index contributed by atoms with van der Waals surface area (Å²) in [5.41, 5.74) is -1.45. The normalized spacial score (nSPS) is 10.1. The molecule has 0 saturated carbocycles. The molecule has 15 heavy (non-hydrogen) atoms. The fourth-order valence-electron chi connectivity index (χ4n) is 0.948. The van der Waals surface area contributed by atoms with Gasteiger partial charge in [-0.25, -0.2) is 13.6 Å². The topological polar surface area (TPSA) is 74.0 Å². The third-order valence-corrected chi connectivity index (χ3v) is 2.39. The molecule has 1 rings (SSSR count). The monoisotopic (exact) mass is 276 g/mol. The number of hydrogen-bond donors (Lipinski definition) is 1. The van der Waals surface area contributed by atoms with Gasteiger partial charge in [-0.3, -0.25) is 4.98 Å². The van der Waals surface area contributed by atoms with Gasteiger partial charge in [0.1, 0.15) is 11.8 Å². The van der Waals surface area contributed by atoms with E-state index in [0.717, 1.165) is 6.20 Å². The van der Waals surface area contributed by atoms with Gasteiger partial charge >= 0.3 is 5.97 Å². The fourth-order valence-corrected chi connectivity index (χ4v) is 1.61. The van der Waals surface area contributed by atoms with Crippen LogP contribution in [0, 0.1) is 11.3 Å². The molecule has 0 aliphatic heterocycles. The Hall–Kier alpha value is -1.55. The minimum atomic E-state index is -2.90. The van der Waals surface area contributed by atoms with Crippen LogP contribution in [0.5, 0.6) is 0 Å². The summed E-state index contributed by atoms with van der Waals surface area (Å²) in [4.78, 5) is 14.0. The Morgan fingerprint density at radius 2 is 2.27 bits per heavy atom. The number of nitrogens with zero attached hydrogens (tertiary/aromatic N) is 2. The van der Waals surface area contributed by atoms with Crippen LogP contribution in [0.2, 0.25) is 0 Å². The van der Waals surface area contributed by atoms with Gasteiger partial charge in [0, 0.05) is 6.20 Å². The Kier molecular flexibility index (Phi) is 3.31. The van der Waals surface area contributed by atoms with Crippen molar-refractivity contribution in [2.75, 3.05) is 0 Å². The van der Waals surface area contributed by atoms with Crippen LogP contribution >= 0.6 is 15.9 Å². The van der Waals surface area contributed by atoms with Gasteiger partial charge in [0.25, 0.3) is 6.43 Å². The molecule has 0 spiro atoms. The van der Waals surface area contributed by atoms with Crippen molar-refractivity contribution in [2.45, 2.75) is 6.43 Å². The van der Waals surface area contributed by atoms with Crippen molar-refractivity contribution in [3.8, 4) is 6.07 Å². The second-order valence-corrected chi connectivity index (χ2v) is 3.26. The van der Waals surface area contributed by atoms with Gasteiger partial charge in [-0.05, 0) is 15.9 Å². The van der Waals surface area contributed by atoms with Crippen molar-refractivity contribution in [1.82, 2.24) is 4.98 Å². The molecular weight excluding hydrogens is 274 g/mol. The molecule has 1 aromatic rings. The molecule has 0 aliphatic carbocycles. The van der Waals surface area contributed by atoms with Crippen molar-refractivity contribution in [2.24, 2.45) is 0 Å². The van der Waals surface area contributed by atoms with E-state index in [1.807, 2.05) is 0 Å². The number of carbonyl (C=O) groups is 1. The number of nitriles is 1. The summed E-state index contributed by atoms with van der Waals surface area (Å²) in [5, 5.41) is 17.3. The second-order valence-electron chi connectivity index (χ2n) is 2.46. The highest BCUT2D eigenvalue weighted by atomic mass is 79.9. The maximum atomic E-state index is 12.3. The van der Waals surface area contributed by atoms with Crippen LogP contribution < -0.4 is 0 Å². The first kappa shape index (κ1) is 11.5. The van der Waals surface area contributed by atoms with E-state index in [2.05, 4.69) is 20.9 Å². The van der Waals surface area contributed by atoms with E-state index in [-0.39, 0.29) is 10.0 Å². The Bertz CT molecular complexity index is 457. The van der Waals surface area contributed by atoms with Crippen LogP contribution in [-0.4, -0.2) is 16.1 Å². The standard InChI is InChI=1S/C8H3BrF2N2O2/c9-5-4(8(14)15)3(1-12)2-13-6(5)7(10)11/h2,7H,(H,14,15). The highest BCUT2D eigenvalue weighted by Gasteiger charge is 2.22. The summed E-state index contributed by atoms with van der Waals surface area (Å²) in [5.74, 6) is -1.46. The van der Waals surface area contributed by atoms with E-state index in [1.54, 1.807) is 6.07 Å².